The molecule has 0 aromatic carbocycles. The maximum Gasteiger partial charge on any atom is 0.317 e. The fraction of sp³-hybridized carbons (Fsp3) is 0.667. The monoisotopic (exact) mass is 287 g/mol. The number of nitrogens with zero attached hydrogens (tertiary/aromatic N) is 1. The van der Waals surface area contributed by atoms with Gasteiger partial charge in [-0.3, -0.25) is 14.5 Å². The second-order valence-corrected chi connectivity index (χ2v) is 3.27. The molecule has 0 radical (unpaired) electrons. The number of alkyl halides is 1. The first-order valence-electron chi connectivity index (χ1n) is 3.28. The van der Waals surface area contributed by atoms with Crippen molar-refractivity contribution in [2.45, 2.75) is 0 Å². The summed E-state index contributed by atoms with van der Waals surface area (Å²) in [5.41, 5.74) is 0. The molecule has 2 N–H and O–H groups in total. The quantitative estimate of drug-likeness (QED) is 0.526. The summed E-state index contributed by atoms with van der Waals surface area (Å²) in [6, 6.07) is 0. The molecule has 0 amide bonds. The van der Waals surface area contributed by atoms with Gasteiger partial charge in [0.05, 0.1) is 13.1 Å². The van der Waals surface area contributed by atoms with Crippen molar-refractivity contribution < 1.29 is 19.8 Å². The second-order valence-electron chi connectivity index (χ2n) is 2.19. The van der Waals surface area contributed by atoms with Gasteiger partial charge in [0, 0.05) is 11.0 Å². The first-order chi connectivity index (χ1) is 5.56. The summed E-state index contributed by atoms with van der Waals surface area (Å²) >= 11 is 2.07. The average molecular weight is 287 g/mol. The van der Waals surface area contributed by atoms with Gasteiger partial charge in [-0.1, -0.05) is 22.6 Å². The zero-order valence-corrected chi connectivity index (χ0v) is 8.52. The molecular formula is C6H10INO4. The van der Waals surface area contributed by atoms with Gasteiger partial charge in [-0.15, -0.1) is 0 Å². The van der Waals surface area contributed by atoms with Gasteiger partial charge in [0.1, 0.15) is 0 Å². The molecule has 12 heavy (non-hydrogen) atoms. The largest absolute Gasteiger partial charge is 0.480 e. The topological polar surface area (TPSA) is 77.8 Å². The summed E-state index contributed by atoms with van der Waals surface area (Å²) < 4.78 is 0.721. The molecule has 0 heterocycles. The maximum atomic E-state index is 10.2. The lowest BCUT2D eigenvalue weighted by Crippen LogP contribution is -2.35. The van der Waals surface area contributed by atoms with Crippen LogP contribution >= 0.6 is 22.6 Å². The third kappa shape index (κ3) is 6.35. The van der Waals surface area contributed by atoms with E-state index in [1.54, 1.807) is 0 Å². The fourth-order valence-corrected chi connectivity index (χ4v) is 1.40. The molecule has 0 rings (SSSR count). The second kappa shape index (κ2) is 6.18. The molecule has 0 atom stereocenters. The minimum atomic E-state index is -0.999. The minimum Gasteiger partial charge on any atom is -0.480 e. The molecule has 0 unspecified atom stereocenters. The lowest BCUT2D eigenvalue weighted by Gasteiger charge is -2.15. The number of aliphatic carboxylic acids is 2. The molecule has 0 aromatic heterocycles. The van der Waals surface area contributed by atoms with E-state index in [-0.39, 0.29) is 13.1 Å². The molecule has 5 nitrogen and oxygen atoms in total. The van der Waals surface area contributed by atoms with E-state index in [0.29, 0.717) is 6.54 Å². The summed E-state index contributed by atoms with van der Waals surface area (Å²) in [7, 11) is 0. The molecule has 6 heteroatoms. The number of rotatable bonds is 6. The van der Waals surface area contributed by atoms with Crippen molar-refractivity contribution in [2.24, 2.45) is 0 Å². The zero-order chi connectivity index (χ0) is 9.56. The van der Waals surface area contributed by atoms with Crippen LogP contribution in [0.2, 0.25) is 0 Å². The van der Waals surface area contributed by atoms with Crippen molar-refractivity contribution in [1.82, 2.24) is 4.90 Å². The van der Waals surface area contributed by atoms with Gasteiger partial charge in [0.25, 0.3) is 0 Å². The summed E-state index contributed by atoms with van der Waals surface area (Å²) in [5, 5.41) is 16.8. The van der Waals surface area contributed by atoms with Crippen LogP contribution in [0.4, 0.5) is 0 Å². The number of carboxylic acids is 2. The van der Waals surface area contributed by atoms with Gasteiger partial charge in [0.2, 0.25) is 0 Å². The van der Waals surface area contributed by atoms with E-state index in [0.717, 1.165) is 4.43 Å². The Balaban J connectivity index is 3.85. The Morgan fingerprint density at radius 1 is 1.17 bits per heavy atom. The van der Waals surface area contributed by atoms with Crippen molar-refractivity contribution in [3.05, 3.63) is 0 Å². The van der Waals surface area contributed by atoms with E-state index >= 15 is 0 Å². The molecule has 0 bridgehead atoms. The summed E-state index contributed by atoms with van der Waals surface area (Å²) in [4.78, 5) is 21.8. The molecular weight excluding hydrogens is 277 g/mol. The van der Waals surface area contributed by atoms with Gasteiger partial charge >= 0.3 is 11.9 Å². The normalized spacial score (nSPS) is 10.2. The van der Waals surface area contributed by atoms with Gasteiger partial charge in [-0.25, -0.2) is 0 Å². The van der Waals surface area contributed by atoms with Gasteiger partial charge < -0.3 is 10.2 Å². The van der Waals surface area contributed by atoms with Crippen LogP contribution in [0.15, 0.2) is 0 Å². The number of carbonyl (C=O) groups is 2. The number of hydrogen-bond donors (Lipinski definition) is 2. The third-order valence-corrected chi connectivity index (χ3v) is 1.60. The van der Waals surface area contributed by atoms with E-state index in [4.69, 9.17) is 10.2 Å². The van der Waals surface area contributed by atoms with Gasteiger partial charge in [-0.05, 0) is 0 Å². The molecule has 0 saturated carbocycles. The average Bonchev–Trinajstić information content (AvgIpc) is 1.84. The van der Waals surface area contributed by atoms with E-state index in [2.05, 4.69) is 22.6 Å². The van der Waals surface area contributed by atoms with E-state index in [1.165, 1.54) is 4.90 Å². The predicted octanol–water partition coefficient (Wildman–Crippen LogP) is -0.107. The fourth-order valence-electron chi connectivity index (χ4n) is 0.716. The van der Waals surface area contributed by atoms with Crippen LogP contribution in [0.1, 0.15) is 0 Å². The predicted molar refractivity (Wildman–Crippen MR) is 50.6 cm³/mol. The number of halogens is 1. The van der Waals surface area contributed by atoms with Crippen LogP contribution in [0.25, 0.3) is 0 Å². The Bertz CT molecular complexity index is 157. The van der Waals surface area contributed by atoms with Crippen LogP contribution in [0.3, 0.4) is 0 Å². The van der Waals surface area contributed by atoms with Crippen molar-refractivity contribution in [3.63, 3.8) is 0 Å². The zero-order valence-electron chi connectivity index (χ0n) is 6.36. The lowest BCUT2D eigenvalue weighted by molar-refractivity contribution is -0.141. The third-order valence-electron chi connectivity index (χ3n) is 1.12. The molecule has 0 aromatic rings. The molecule has 0 aliphatic carbocycles. The molecule has 0 aliphatic heterocycles. The van der Waals surface area contributed by atoms with E-state index < -0.39 is 11.9 Å². The highest BCUT2D eigenvalue weighted by molar-refractivity contribution is 14.1. The van der Waals surface area contributed by atoms with Crippen molar-refractivity contribution in [1.29, 1.82) is 0 Å². The Morgan fingerprint density at radius 2 is 1.58 bits per heavy atom. The molecule has 70 valence electrons. The Morgan fingerprint density at radius 3 is 1.83 bits per heavy atom. The lowest BCUT2D eigenvalue weighted by atomic mass is 10.4. The van der Waals surface area contributed by atoms with E-state index in [9.17, 15) is 9.59 Å². The van der Waals surface area contributed by atoms with Gasteiger partial charge in [0.15, 0.2) is 0 Å². The van der Waals surface area contributed by atoms with Crippen molar-refractivity contribution in [2.75, 3.05) is 24.1 Å². The van der Waals surface area contributed by atoms with Crippen molar-refractivity contribution in [3.8, 4) is 0 Å². The van der Waals surface area contributed by atoms with Crippen LogP contribution in [0.5, 0.6) is 0 Å². The molecule has 0 spiro atoms. The van der Waals surface area contributed by atoms with Gasteiger partial charge in [-0.2, -0.15) is 0 Å². The van der Waals surface area contributed by atoms with Crippen LogP contribution in [0, 0.1) is 0 Å². The standard InChI is InChI=1S/C6H10INO4/c7-1-2-8(3-5(9)10)4-6(11)12/h1-4H2,(H,9,10)(H,11,12). The summed E-state index contributed by atoms with van der Waals surface area (Å²) in [5.74, 6) is -2.00. The SMILES string of the molecule is O=C(O)CN(CCI)CC(=O)O. The first-order valence-corrected chi connectivity index (χ1v) is 4.80. The van der Waals surface area contributed by atoms with Crippen molar-refractivity contribution >= 4 is 34.5 Å². The highest BCUT2D eigenvalue weighted by atomic mass is 127. The summed E-state index contributed by atoms with van der Waals surface area (Å²) in [6.07, 6.45) is 0. The summed E-state index contributed by atoms with van der Waals surface area (Å²) in [6.45, 7) is 0.0593. The minimum absolute atomic E-state index is 0.213. The maximum absolute atomic E-state index is 10.2. The molecule has 0 aliphatic rings. The highest BCUT2D eigenvalue weighted by Crippen LogP contribution is 1.91. The number of carboxylic acid groups (broad SMARTS) is 2. The molecule has 0 saturated heterocycles. The van der Waals surface area contributed by atoms with Crippen LogP contribution in [-0.2, 0) is 9.59 Å². The van der Waals surface area contributed by atoms with E-state index in [1.807, 2.05) is 0 Å². The molecule has 0 fully saturated rings. The Labute approximate surface area is 83.5 Å². The Kier molecular flexibility index (Phi) is 5.99. The smallest absolute Gasteiger partial charge is 0.317 e. The van der Waals surface area contributed by atoms with Crippen LogP contribution < -0.4 is 0 Å². The van der Waals surface area contributed by atoms with Crippen LogP contribution in [-0.4, -0.2) is 51.1 Å². The number of hydrogen-bond acceptors (Lipinski definition) is 3. The first kappa shape index (κ1) is 11.6. The highest BCUT2D eigenvalue weighted by Gasteiger charge is 2.11. The Hall–Kier alpha value is -0.370.